The lowest BCUT2D eigenvalue weighted by atomic mass is 10.0. The van der Waals surface area contributed by atoms with E-state index in [1.54, 1.807) is 18.3 Å². The fourth-order valence-corrected chi connectivity index (χ4v) is 1.84. The Labute approximate surface area is 113 Å². The Kier molecular flexibility index (Phi) is 4.08. The molecule has 0 heterocycles. The molecule has 3 nitrogen and oxygen atoms in total. The second kappa shape index (κ2) is 5.96. The Morgan fingerprint density at radius 3 is 2.26 bits per heavy atom. The molecule has 0 saturated carbocycles. The van der Waals surface area contributed by atoms with E-state index in [-0.39, 0.29) is 5.91 Å². The predicted octanol–water partition coefficient (Wildman–Crippen LogP) is 3.07. The Bertz CT molecular complexity index is 583. The van der Waals surface area contributed by atoms with Crippen molar-refractivity contribution in [1.29, 1.82) is 0 Å². The molecule has 3 heteroatoms. The van der Waals surface area contributed by atoms with Crippen LogP contribution in [0.3, 0.4) is 0 Å². The number of carbonyl (C=O) groups excluding carboxylic acids is 1. The van der Waals surface area contributed by atoms with E-state index in [0.29, 0.717) is 5.56 Å². The fourth-order valence-electron chi connectivity index (χ4n) is 1.84. The van der Waals surface area contributed by atoms with Gasteiger partial charge in [0.1, 0.15) is 0 Å². The van der Waals surface area contributed by atoms with Crippen LogP contribution in [-0.4, -0.2) is 12.1 Å². The number of rotatable bonds is 3. The van der Waals surface area contributed by atoms with E-state index in [2.05, 4.69) is 10.5 Å². The quantitative estimate of drug-likeness (QED) is 0.662. The molecule has 0 saturated heterocycles. The maximum Gasteiger partial charge on any atom is 0.271 e. The van der Waals surface area contributed by atoms with Crippen molar-refractivity contribution >= 4 is 12.1 Å². The van der Waals surface area contributed by atoms with Crippen molar-refractivity contribution in [2.75, 3.05) is 0 Å². The number of amides is 1. The molecular formula is C16H16N2O. The van der Waals surface area contributed by atoms with Crippen molar-refractivity contribution in [3.05, 3.63) is 70.8 Å². The third kappa shape index (κ3) is 3.28. The van der Waals surface area contributed by atoms with Crippen LogP contribution in [0.1, 0.15) is 27.0 Å². The van der Waals surface area contributed by atoms with Crippen LogP contribution in [0.2, 0.25) is 0 Å². The van der Waals surface area contributed by atoms with Crippen LogP contribution in [0.4, 0.5) is 0 Å². The first-order chi connectivity index (χ1) is 9.18. The molecule has 1 N–H and O–H groups in total. The number of hydrazone groups is 1. The minimum Gasteiger partial charge on any atom is -0.267 e. The summed E-state index contributed by atoms with van der Waals surface area (Å²) in [6.45, 7) is 4.04. The lowest BCUT2D eigenvalue weighted by Crippen LogP contribution is -2.17. The Morgan fingerprint density at radius 1 is 1.00 bits per heavy atom. The van der Waals surface area contributed by atoms with Gasteiger partial charge in [0.05, 0.1) is 6.21 Å². The first-order valence-electron chi connectivity index (χ1n) is 6.13. The Morgan fingerprint density at radius 2 is 1.63 bits per heavy atom. The van der Waals surface area contributed by atoms with Crippen LogP contribution in [-0.2, 0) is 0 Å². The summed E-state index contributed by atoms with van der Waals surface area (Å²) in [7, 11) is 0. The van der Waals surface area contributed by atoms with Gasteiger partial charge in [-0.3, -0.25) is 4.79 Å². The smallest absolute Gasteiger partial charge is 0.267 e. The zero-order valence-electron chi connectivity index (χ0n) is 11.1. The molecule has 0 aliphatic rings. The van der Waals surface area contributed by atoms with E-state index < -0.39 is 0 Å². The molecule has 1 amide bonds. The molecule has 0 radical (unpaired) electrons. The highest BCUT2D eigenvalue weighted by Gasteiger charge is 2.02. The SMILES string of the molecule is Cc1cccc(C)c1/C=N\NC(=O)c1ccccc1. The van der Waals surface area contributed by atoms with Gasteiger partial charge in [-0.05, 0) is 37.1 Å². The van der Waals surface area contributed by atoms with Crippen molar-refractivity contribution < 1.29 is 4.79 Å². The lowest BCUT2D eigenvalue weighted by Gasteiger charge is -2.04. The number of benzene rings is 2. The molecule has 0 aromatic heterocycles. The maximum absolute atomic E-state index is 11.8. The summed E-state index contributed by atoms with van der Waals surface area (Å²) in [6.07, 6.45) is 1.69. The van der Waals surface area contributed by atoms with Gasteiger partial charge in [0.25, 0.3) is 5.91 Å². The van der Waals surface area contributed by atoms with E-state index in [9.17, 15) is 4.79 Å². The molecule has 0 atom stereocenters. The number of nitrogens with zero attached hydrogens (tertiary/aromatic N) is 1. The van der Waals surface area contributed by atoms with Crippen LogP contribution in [0.25, 0.3) is 0 Å². The number of aryl methyl sites for hydroxylation is 2. The molecule has 0 unspecified atom stereocenters. The van der Waals surface area contributed by atoms with Crippen molar-refractivity contribution in [3.63, 3.8) is 0 Å². The molecule has 2 aromatic carbocycles. The van der Waals surface area contributed by atoms with Crippen molar-refractivity contribution in [1.82, 2.24) is 5.43 Å². The lowest BCUT2D eigenvalue weighted by molar-refractivity contribution is 0.0955. The van der Waals surface area contributed by atoms with E-state index >= 15 is 0 Å². The molecule has 96 valence electrons. The molecule has 2 aromatic rings. The van der Waals surface area contributed by atoms with Crippen molar-refractivity contribution in [2.45, 2.75) is 13.8 Å². The molecule has 0 aliphatic heterocycles. The normalized spacial score (nSPS) is 10.6. The van der Waals surface area contributed by atoms with E-state index in [1.807, 2.05) is 50.2 Å². The first-order valence-corrected chi connectivity index (χ1v) is 6.13. The molecule has 19 heavy (non-hydrogen) atoms. The summed E-state index contributed by atoms with van der Waals surface area (Å²) in [5.41, 5.74) is 6.44. The highest BCUT2D eigenvalue weighted by Crippen LogP contribution is 2.10. The summed E-state index contributed by atoms with van der Waals surface area (Å²) >= 11 is 0. The monoisotopic (exact) mass is 252 g/mol. The summed E-state index contributed by atoms with van der Waals surface area (Å²) in [5.74, 6) is -0.205. The number of nitrogens with one attached hydrogen (secondary N) is 1. The van der Waals surface area contributed by atoms with Gasteiger partial charge in [0.2, 0.25) is 0 Å². The number of carbonyl (C=O) groups is 1. The van der Waals surface area contributed by atoms with Crippen LogP contribution in [0, 0.1) is 13.8 Å². The third-order valence-corrected chi connectivity index (χ3v) is 2.94. The second-order valence-electron chi connectivity index (χ2n) is 4.37. The van der Waals surface area contributed by atoms with Crippen LogP contribution >= 0.6 is 0 Å². The molecule has 2 rings (SSSR count). The van der Waals surface area contributed by atoms with Gasteiger partial charge in [0.15, 0.2) is 0 Å². The fraction of sp³-hybridized carbons (Fsp3) is 0.125. The van der Waals surface area contributed by atoms with Crippen molar-refractivity contribution in [3.8, 4) is 0 Å². The highest BCUT2D eigenvalue weighted by atomic mass is 16.2. The maximum atomic E-state index is 11.8. The zero-order valence-corrected chi connectivity index (χ0v) is 11.1. The van der Waals surface area contributed by atoms with E-state index in [4.69, 9.17) is 0 Å². The summed E-state index contributed by atoms with van der Waals surface area (Å²) in [6, 6.07) is 15.1. The third-order valence-electron chi connectivity index (χ3n) is 2.94. The van der Waals surface area contributed by atoms with Gasteiger partial charge in [-0.15, -0.1) is 0 Å². The second-order valence-corrected chi connectivity index (χ2v) is 4.37. The van der Waals surface area contributed by atoms with E-state index in [0.717, 1.165) is 16.7 Å². The molecule has 0 bridgehead atoms. The highest BCUT2D eigenvalue weighted by molar-refractivity contribution is 5.95. The summed E-state index contributed by atoms with van der Waals surface area (Å²) < 4.78 is 0. The predicted molar refractivity (Wildman–Crippen MR) is 77.4 cm³/mol. The Balaban J connectivity index is 2.07. The van der Waals surface area contributed by atoms with Crippen LogP contribution < -0.4 is 5.43 Å². The number of hydrogen-bond acceptors (Lipinski definition) is 2. The van der Waals surface area contributed by atoms with Crippen molar-refractivity contribution in [2.24, 2.45) is 5.10 Å². The summed E-state index contributed by atoms with van der Waals surface area (Å²) in [4.78, 5) is 11.8. The number of hydrogen-bond donors (Lipinski definition) is 1. The standard InChI is InChI=1S/C16H16N2O/c1-12-7-6-8-13(2)15(12)11-17-18-16(19)14-9-4-3-5-10-14/h3-11H,1-2H3,(H,18,19)/b17-11-. The van der Waals surface area contributed by atoms with Gasteiger partial charge in [-0.1, -0.05) is 36.4 Å². The largest absolute Gasteiger partial charge is 0.271 e. The van der Waals surface area contributed by atoms with Gasteiger partial charge in [-0.25, -0.2) is 5.43 Å². The molecule has 0 fully saturated rings. The average Bonchev–Trinajstić information content (AvgIpc) is 2.43. The topological polar surface area (TPSA) is 41.5 Å². The first kappa shape index (κ1) is 13.0. The minimum atomic E-state index is -0.205. The minimum absolute atomic E-state index is 0.205. The van der Waals surface area contributed by atoms with Crippen LogP contribution in [0.15, 0.2) is 53.6 Å². The van der Waals surface area contributed by atoms with Gasteiger partial charge < -0.3 is 0 Å². The Hall–Kier alpha value is -2.42. The van der Waals surface area contributed by atoms with E-state index in [1.165, 1.54) is 0 Å². The zero-order chi connectivity index (χ0) is 13.7. The average molecular weight is 252 g/mol. The summed E-state index contributed by atoms with van der Waals surface area (Å²) in [5, 5.41) is 4.02. The van der Waals surface area contributed by atoms with Gasteiger partial charge in [-0.2, -0.15) is 5.10 Å². The van der Waals surface area contributed by atoms with Crippen LogP contribution in [0.5, 0.6) is 0 Å². The van der Waals surface area contributed by atoms with Gasteiger partial charge >= 0.3 is 0 Å². The van der Waals surface area contributed by atoms with Gasteiger partial charge in [0, 0.05) is 11.1 Å². The molecule has 0 spiro atoms. The molecule has 0 aliphatic carbocycles. The molecular weight excluding hydrogens is 236 g/mol.